The molecule has 0 fully saturated rings. The number of hydrogen-bond acceptors (Lipinski definition) is 2. The Labute approximate surface area is 68.9 Å². The SMILES string of the molecule is C=C(C)C(O)CCC(C)OC. The van der Waals surface area contributed by atoms with Gasteiger partial charge >= 0.3 is 0 Å². The highest BCUT2D eigenvalue weighted by Crippen LogP contribution is 2.08. The van der Waals surface area contributed by atoms with Crippen molar-refractivity contribution in [2.45, 2.75) is 38.9 Å². The molecule has 0 aromatic carbocycles. The van der Waals surface area contributed by atoms with Gasteiger partial charge < -0.3 is 9.84 Å². The first-order valence-electron chi connectivity index (χ1n) is 3.94. The third-order valence-corrected chi connectivity index (χ3v) is 1.82. The largest absolute Gasteiger partial charge is 0.389 e. The van der Waals surface area contributed by atoms with E-state index in [1.165, 1.54) is 0 Å². The van der Waals surface area contributed by atoms with E-state index in [-0.39, 0.29) is 12.2 Å². The van der Waals surface area contributed by atoms with Gasteiger partial charge in [-0.2, -0.15) is 0 Å². The lowest BCUT2D eigenvalue weighted by atomic mass is 10.1. The van der Waals surface area contributed by atoms with E-state index < -0.39 is 0 Å². The maximum absolute atomic E-state index is 9.32. The fourth-order valence-corrected chi connectivity index (χ4v) is 0.757. The van der Waals surface area contributed by atoms with Gasteiger partial charge in [0.05, 0.1) is 12.2 Å². The van der Waals surface area contributed by atoms with Gasteiger partial charge in [0, 0.05) is 7.11 Å². The fourth-order valence-electron chi connectivity index (χ4n) is 0.757. The number of rotatable bonds is 5. The molecule has 2 nitrogen and oxygen atoms in total. The van der Waals surface area contributed by atoms with Crippen LogP contribution in [-0.2, 0) is 4.74 Å². The summed E-state index contributed by atoms with van der Waals surface area (Å²) in [6, 6.07) is 0. The van der Waals surface area contributed by atoms with E-state index in [0.717, 1.165) is 18.4 Å². The molecular weight excluding hydrogens is 140 g/mol. The minimum absolute atomic E-state index is 0.226. The molecule has 11 heavy (non-hydrogen) atoms. The van der Waals surface area contributed by atoms with Crippen molar-refractivity contribution in [3.8, 4) is 0 Å². The van der Waals surface area contributed by atoms with Crippen LogP contribution in [0.3, 0.4) is 0 Å². The molecule has 0 saturated carbocycles. The molecule has 0 radical (unpaired) electrons. The molecule has 0 aromatic rings. The van der Waals surface area contributed by atoms with Crippen molar-refractivity contribution < 1.29 is 9.84 Å². The quantitative estimate of drug-likeness (QED) is 0.617. The molecule has 0 aliphatic carbocycles. The second-order valence-electron chi connectivity index (χ2n) is 2.99. The summed E-state index contributed by atoms with van der Waals surface area (Å²) < 4.78 is 5.04. The highest BCUT2D eigenvalue weighted by atomic mass is 16.5. The molecule has 0 aliphatic rings. The number of aliphatic hydroxyl groups excluding tert-OH is 1. The molecule has 1 N–H and O–H groups in total. The van der Waals surface area contributed by atoms with Crippen LogP contribution in [-0.4, -0.2) is 24.4 Å². The minimum atomic E-state index is -0.368. The second-order valence-corrected chi connectivity index (χ2v) is 2.99. The van der Waals surface area contributed by atoms with Crippen molar-refractivity contribution in [2.24, 2.45) is 0 Å². The van der Waals surface area contributed by atoms with E-state index in [9.17, 15) is 5.11 Å². The van der Waals surface area contributed by atoms with Crippen LogP contribution in [0.2, 0.25) is 0 Å². The summed E-state index contributed by atoms with van der Waals surface area (Å²) in [7, 11) is 1.68. The monoisotopic (exact) mass is 158 g/mol. The highest BCUT2D eigenvalue weighted by molar-refractivity contribution is 4.96. The average Bonchev–Trinajstić information content (AvgIpc) is 1.99. The Bertz CT molecular complexity index is 121. The van der Waals surface area contributed by atoms with Gasteiger partial charge in [-0.25, -0.2) is 0 Å². The van der Waals surface area contributed by atoms with Gasteiger partial charge in [-0.15, -0.1) is 0 Å². The summed E-state index contributed by atoms with van der Waals surface area (Å²) >= 11 is 0. The van der Waals surface area contributed by atoms with Crippen LogP contribution >= 0.6 is 0 Å². The zero-order chi connectivity index (χ0) is 8.85. The van der Waals surface area contributed by atoms with E-state index in [0.29, 0.717) is 0 Å². The van der Waals surface area contributed by atoms with Gasteiger partial charge in [0.25, 0.3) is 0 Å². The minimum Gasteiger partial charge on any atom is -0.389 e. The standard InChI is InChI=1S/C9H18O2/c1-7(2)9(10)6-5-8(3)11-4/h8-10H,1,5-6H2,2-4H3. The summed E-state index contributed by atoms with van der Waals surface area (Å²) in [5.74, 6) is 0. The Balaban J connectivity index is 3.45. The van der Waals surface area contributed by atoms with Crippen molar-refractivity contribution >= 4 is 0 Å². The molecule has 0 spiro atoms. The van der Waals surface area contributed by atoms with Crippen LogP contribution in [0.25, 0.3) is 0 Å². The van der Waals surface area contributed by atoms with Crippen LogP contribution in [0.5, 0.6) is 0 Å². The summed E-state index contributed by atoms with van der Waals surface area (Å²) in [6.07, 6.45) is 1.48. The van der Waals surface area contributed by atoms with E-state index in [1.807, 2.05) is 13.8 Å². The lowest BCUT2D eigenvalue weighted by Crippen LogP contribution is -2.12. The normalized spacial score (nSPS) is 16.0. The lowest BCUT2D eigenvalue weighted by Gasteiger charge is -2.13. The van der Waals surface area contributed by atoms with Crippen LogP contribution in [0, 0.1) is 0 Å². The van der Waals surface area contributed by atoms with Gasteiger partial charge in [-0.05, 0) is 26.7 Å². The van der Waals surface area contributed by atoms with Gasteiger partial charge in [0.15, 0.2) is 0 Å². The number of ether oxygens (including phenoxy) is 1. The summed E-state index contributed by atoms with van der Waals surface area (Å²) in [5, 5.41) is 9.32. The summed E-state index contributed by atoms with van der Waals surface area (Å²) in [6.45, 7) is 7.49. The molecule has 2 atom stereocenters. The molecule has 0 aromatic heterocycles. The lowest BCUT2D eigenvalue weighted by molar-refractivity contribution is 0.0928. The first-order chi connectivity index (χ1) is 5.07. The van der Waals surface area contributed by atoms with Crippen LogP contribution in [0.15, 0.2) is 12.2 Å². The predicted octanol–water partition coefficient (Wildman–Crippen LogP) is 1.74. The third kappa shape index (κ3) is 4.99. The van der Waals surface area contributed by atoms with Gasteiger partial charge in [0.2, 0.25) is 0 Å². The molecule has 2 unspecified atom stereocenters. The van der Waals surface area contributed by atoms with E-state index in [2.05, 4.69) is 6.58 Å². The molecule has 0 amide bonds. The Morgan fingerprint density at radius 1 is 1.55 bits per heavy atom. The van der Waals surface area contributed by atoms with E-state index >= 15 is 0 Å². The van der Waals surface area contributed by atoms with Crippen molar-refractivity contribution in [3.63, 3.8) is 0 Å². The third-order valence-electron chi connectivity index (χ3n) is 1.82. The summed E-state index contributed by atoms with van der Waals surface area (Å²) in [5.41, 5.74) is 0.827. The maximum atomic E-state index is 9.32. The highest BCUT2D eigenvalue weighted by Gasteiger charge is 2.06. The van der Waals surface area contributed by atoms with Crippen molar-refractivity contribution in [1.29, 1.82) is 0 Å². The zero-order valence-corrected chi connectivity index (χ0v) is 7.63. The Hall–Kier alpha value is -0.340. The van der Waals surface area contributed by atoms with Crippen molar-refractivity contribution in [3.05, 3.63) is 12.2 Å². The van der Waals surface area contributed by atoms with Gasteiger partial charge in [-0.1, -0.05) is 12.2 Å². The fraction of sp³-hybridized carbons (Fsp3) is 0.778. The molecule has 0 rings (SSSR count). The molecule has 0 saturated heterocycles. The molecule has 2 heteroatoms. The van der Waals surface area contributed by atoms with E-state index in [1.54, 1.807) is 7.11 Å². The Kier molecular flexibility index (Phi) is 5.16. The van der Waals surface area contributed by atoms with Crippen LogP contribution < -0.4 is 0 Å². The molecule has 0 bridgehead atoms. The first-order valence-corrected chi connectivity index (χ1v) is 3.94. The molecular formula is C9H18O2. The smallest absolute Gasteiger partial charge is 0.0745 e. The molecule has 66 valence electrons. The van der Waals surface area contributed by atoms with E-state index in [4.69, 9.17) is 4.74 Å². The number of aliphatic hydroxyl groups is 1. The number of hydrogen-bond donors (Lipinski definition) is 1. The predicted molar refractivity (Wildman–Crippen MR) is 46.5 cm³/mol. The zero-order valence-electron chi connectivity index (χ0n) is 7.63. The number of methoxy groups -OCH3 is 1. The van der Waals surface area contributed by atoms with Crippen molar-refractivity contribution in [1.82, 2.24) is 0 Å². The van der Waals surface area contributed by atoms with Crippen LogP contribution in [0.1, 0.15) is 26.7 Å². The van der Waals surface area contributed by atoms with Crippen LogP contribution in [0.4, 0.5) is 0 Å². The Morgan fingerprint density at radius 3 is 2.45 bits per heavy atom. The topological polar surface area (TPSA) is 29.5 Å². The second kappa shape index (κ2) is 5.33. The maximum Gasteiger partial charge on any atom is 0.0745 e. The first kappa shape index (κ1) is 10.7. The van der Waals surface area contributed by atoms with Gasteiger partial charge in [-0.3, -0.25) is 0 Å². The van der Waals surface area contributed by atoms with Gasteiger partial charge in [0.1, 0.15) is 0 Å². The average molecular weight is 158 g/mol. The van der Waals surface area contributed by atoms with Crippen molar-refractivity contribution in [2.75, 3.05) is 7.11 Å². The molecule has 0 aliphatic heterocycles. The Morgan fingerprint density at radius 2 is 2.09 bits per heavy atom. The summed E-state index contributed by atoms with van der Waals surface area (Å²) in [4.78, 5) is 0. The molecule has 0 heterocycles.